The van der Waals surface area contributed by atoms with Gasteiger partial charge in [-0.3, -0.25) is 9.59 Å². The first-order valence-corrected chi connectivity index (χ1v) is 8.79. The van der Waals surface area contributed by atoms with Gasteiger partial charge in [0.1, 0.15) is 11.5 Å². The van der Waals surface area contributed by atoms with Gasteiger partial charge < -0.3 is 10.6 Å². The maximum absolute atomic E-state index is 13.2. The number of carbonyl (C=O) groups is 2. The smallest absolute Gasteiger partial charge is 0.272 e. The van der Waals surface area contributed by atoms with E-state index in [0.29, 0.717) is 21.8 Å². The molecule has 4 nitrogen and oxygen atoms in total. The first-order chi connectivity index (χ1) is 13.5. The normalized spacial score (nSPS) is 11.0. The zero-order valence-electron chi connectivity index (χ0n) is 14.7. The highest BCUT2D eigenvalue weighted by Gasteiger charge is 2.15. The van der Waals surface area contributed by atoms with Crippen molar-refractivity contribution >= 4 is 35.2 Å². The molecule has 0 aliphatic rings. The fraction of sp³-hybridized carbons (Fsp3) is 0. The van der Waals surface area contributed by atoms with Gasteiger partial charge >= 0.3 is 0 Å². The average molecular weight is 395 g/mol. The number of benzene rings is 3. The van der Waals surface area contributed by atoms with Crippen molar-refractivity contribution in [2.75, 3.05) is 5.32 Å². The summed E-state index contributed by atoms with van der Waals surface area (Å²) >= 11 is 5.86. The fourth-order valence-electron chi connectivity index (χ4n) is 2.40. The lowest BCUT2D eigenvalue weighted by atomic mass is 10.1. The van der Waals surface area contributed by atoms with Crippen LogP contribution in [0, 0.1) is 5.82 Å². The van der Waals surface area contributed by atoms with Crippen LogP contribution in [0.3, 0.4) is 0 Å². The number of hydrogen-bond acceptors (Lipinski definition) is 2. The summed E-state index contributed by atoms with van der Waals surface area (Å²) in [7, 11) is 0. The van der Waals surface area contributed by atoms with E-state index in [1.54, 1.807) is 54.6 Å². The minimum atomic E-state index is -0.518. The Bertz CT molecular complexity index is 1000. The van der Waals surface area contributed by atoms with Crippen LogP contribution in [-0.4, -0.2) is 11.8 Å². The minimum absolute atomic E-state index is 0.0235. The molecule has 2 amide bonds. The SMILES string of the molecule is O=C(Nc1ccc(Cl)cc1)/C(=C/c1ccc(F)cc1)NC(=O)c1ccccc1. The van der Waals surface area contributed by atoms with E-state index in [1.165, 1.54) is 30.3 Å². The molecule has 0 unspecified atom stereocenters. The maximum atomic E-state index is 13.2. The molecule has 0 atom stereocenters. The van der Waals surface area contributed by atoms with Crippen molar-refractivity contribution in [1.29, 1.82) is 0 Å². The number of carbonyl (C=O) groups excluding carboxylic acids is 2. The van der Waals surface area contributed by atoms with Crippen LogP contribution in [0.1, 0.15) is 15.9 Å². The van der Waals surface area contributed by atoms with Crippen molar-refractivity contribution in [2.24, 2.45) is 0 Å². The average Bonchev–Trinajstić information content (AvgIpc) is 2.71. The van der Waals surface area contributed by atoms with Crippen LogP contribution >= 0.6 is 11.6 Å². The van der Waals surface area contributed by atoms with Crippen molar-refractivity contribution in [3.05, 3.63) is 107 Å². The van der Waals surface area contributed by atoms with Crippen LogP contribution in [0.25, 0.3) is 6.08 Å². The summed E-state index contributed by atoms with van der Waals surface area (Å²) < 4.78 is 13.2. The molecule has 0 aromatic heterocycles. The second kappa shape index (κ2) is 8.97. The molecule has 3 aromatic carbocycles. The van der Waals surface area contributed by atoms with Gasteiger partial charge in [0.15, 0.2) is 0 Å². The Hall–Kier alpha value is -3.44. The number of halogens is 2. The van der Waals surface area contributed by atoms with Crippen LogP contribution in [0.4, 0.5) is 10.1 Å². The van der Waals surface area contributed by atoms with E-state index < -0.39 is 17.6 Å². The fourth-order valence-corrected chi connectivity index (χ4v) is 2.53. The van der Waals surface area contributed by atoms with E-state index in [-0.39, 0.29) is 5.70 Å². The van der Waals surface area contributed by atoms with E-state index in [9.17, 15) is 14.0 Å². The first-order valence-electron chi connectivity index (χ1n) is 8.42. The highest BCUT2D eigenvalue weighted by molar-refractivity contribution is 6.30. The predicted molar refractivity (Wildman–Crippen MR) is 108 cm³/mol. The highest BCUT2D eigenvalue weighted by Crippen LogP contribution is 2.15. The van der Waals surface area contributed by atoms with Crippen molar-refractivity contribution in [3.63, 3.8) is 0 Å². The molecule has 28 heavy (non-hydrogen) atoms. The lowest BCUT2D eigenvalue weighted by Gasteiger charge is -2.11. The molecule has 0 radical (unpaired) electrons. The lowest BCUT2D eigenvalue weighted by molar-refractivity contribution is -0.113. The second-order valence-corrected chi connectivity index (χ2v) is 6.33. The van der Waals surface area contributed by atoms with Crippen molar-refractivity contribution in [1.82, 2.24) is 5.32 Å². The number of hydrogen-bond donors (Lipinski definition) is 2. The van der Waals surface area contributed by atoms with Gasteiger partial charge in [-0.05, 0) is 60.2 Å². The number of amides is 2. The van der Waals surface area contributed by atoms with Gasteiger partial charge in [-0.25, -0.2) is 4.39 Å². The molecule has 0 aliphatic carbocycles. The number of rotatable bonds is 5. The Labute approximate surface area is 166 Å². The van der Waals surface area contributed by atoms with Crippen LogP contribution in [0.2, 0.25) is 5.02 Å². The first kappa shape index (κ1) is 19.3. The lowest BCUT2D eigenvalue weighted by Crippen LogP contribution is -2.30. The molecule has 0 saturated carbocycles. The topological polar surface area (TPSA) is 58.2 Å². The molecule has 140 valence electrons. The molecular weight excluding hydrogens is 379 g/mol. The van der Waals surface area contributed by atoms with Gasteiger partial charge in [0.25, 0.3) is 11.8 Å². The zero-order valence-corrected chi connectivity index (χ0v) is 15.4. The quantitative estimate of drug-likeness (QED) is 0.605. The Morgan fingerprint density at radius 1 is 0.857 bits per heavy atom. The van der Waals surface area contributed by atoms with Crippen LogP contribution in [-0.2, 0) is 4.79 Å². The monoisotopic (exact) mass is 394 g/mol. The summed E-state index contributed by atoms with van der Waals surface area (Å²) in [5.74, 6) is -1.34. The third kappa shape index (κ3) is 5.28. The number of nitrogens with one attached hydrogen (secondary N) is 2. The number of anilines is 1. The Kier molecular flexibility index (Phi) is 6.19. The third-order valence-corrected chi connectivity index (χ3v) is 4.06. The van der Waals surface area contributed by atoms with Gasteiger partial charge in [0.05, 0.1) is 0 Å². The Morgan fingerprint density at radius 2 is 1.50 bits per heavy atom. The molecule has 3 aromatic rings. The Morgan fingerprint density at radius 3 is 2.14 bits per heavy atom. The molecule has 3 rings (SSSR count). The van der Waals surface area contributed by atoms with Gasteiger partial charge in [-0.15, -0.1) is 0 Å². The Balaban J connectivity index is 1.86. The van der Waals surface area contributed by atoms with Crippen molar-refractivity contribution in [3.8, 4) is 0 Å². The summed E-state index contributed by atoms with van der Waals surface area (Å²) in [5, 5.41) is 5.86. The summed E-state index contributed by atoms with van der Waals surface area (Å²) in [6.07, 6.45) is 1.48. The molecular formula is C22H16ClFN2O2. The van der Waals surface area contributed by atoms with Gasteiger partial charge in [0.2, 0.25) is 0 Å². The second-order valence-electron chi connectivity index (χ2n) is 5.89. The van der Waals surface area contributed by atoms with E-state index in [1.807, 2.05) is 0 Å². The molecule has 2 N–H and O–H groups in total. The van der Waals surface area contributed by atoms with E-state index >= 15 is 0 Å². The van der Waals surface area contributed by atoms with Crippen LogP contribution in [0.5, 0.6) is 0 Å². The zero-order chi connectivity index (χ0) is 19.9. The van der Waals surface area contributed by atoms with E-state index in [4.69, 9.17) is 11.6 Å². The molecule has 0 spiro atoms. The van der Waals surface area contributed by atoms with E-state index in [2.05, 4.69) is 10.6 Å². The standard InChI is InChI=1S/C22H16ClFN2O2/c23-17-8-12-19(13-9-17)25-22(28)20(14-15-6-10-18(24)11-7-15)26-21(27)16-4-2-1-3-5-16/h1-14H,(H,25,28)(H,26,27)/b20-14-. The van der Waals surface area contributed by atoms with Crippen molar-refractivity contribution in [2.45, 2.75) is 0 Å². The maximum Gasteiger partial charge on any atom is 0.272 e. The van der Waals surface area contributed by atoms with Crippen LogP contribution in [0.15, 0.2) is 84.6 Å². The van der Waals surface area contributed by atoms with Gasteiger partial charge in [-0.2, -0.15) is 0 Å². The highest BCUT2D eigenvalue weighted by atomic mass is 35.5. The summed E-state index contributed by atoms with van der Waals surface area (Å²) in [5.41, 5.74) is 1.52. The molecule has 0 aliphatic heterocycles. The largest absolute Gasteiger partial charge is 0.321 e. The third-order valence-electron chi connectivity index (χ3n) is 3.81. The van der Waals surface area contributed by atoms with Crippen LogP contribution < -0.4 is 10.6 Å². The van der Waals surface area contributed by atoms with Gasteiger partial charge in [-0.1, -0.05) is 41.9 Å². The summed E-state index contributed by atoms with van der Waals surface area (Å²) in [6, 6.07) is 20.7. The van der Waals surface area contributed by atoms with Gasteiger partial charge in [0, 0.05) is 16.3 Å². The molecule has 6 heteroatoms. The molecule has 0 bridgehead atoms. The van der Waals surface area contributed by atoms with E-state index in [0.717, 1.165) is 0 Å². The minimum Gasteiger partial charge on any atom is -0.321 e. The van der Waals surface area contributed by atoms with Crippen molar-refractivity contribution < 1.29 is 14.0 Å². The summed E-state index contributed by atoms with van der Waals surface area (Å²) in [6.45, 7) is 0. The molecule has 0 fully saturated rings. The predicted octanol–water partition coefficient (Wildman–Crippen LogP) is 4.89. The summed E-state index contributed by atoms with van der Waals surface area (Å²) in [4.78, 5) is 25.2. The molecule has 0 heterocycles. The molecule has 0 saturated heterocycles.